The summed E-state index contributed by atoms with van der Waals surface area (Å²) in [6.45, 7) is 1.24. The van der Waals surface area contributed by atoms with Crippen LogP contribution in [0, 0.1) is 5.82 Å². The Morgan fingerprint density at radius 3 is 2.69 bits per heavy atom. The number of rotatable bonds is 9. The molecule has 5 rings (SSSR count). The number of hydrogen-bond acceptors (Lipinski definition) is 6. The molecule has 0 bridgehead atoms. The number of carbonyl (C=O) groups excluding carboxylic acids is 1. The average molecular weight is 471 g/mol. The molecule has 2 N–H and O–H groups in total. The highest BCUT2D eigenvalue weighted by Gasteiger charge is 2.10. The van der Waals surface area contributed by atoms with Gasteiger partial charge in [0.25, 0.3) is 5.91 Å². The second-order valence-corrected chi connectivity index (χ2v) is 7.95. The Balaban J connectivity index is 1.13. The van der Waals surface area contributed by atoms with Gasteiger partial charge in [0.15, 0.2) is 12.3 Å². The van der Waals surface area contributed by atoms with Crippen LogP contribution in [-0.4, -0.2) is 38.8 Å². The molecule has 3 aromatic carbocycles. The maximum Gasteiger partial charge on any atom is 0.258 e. The summed E-state index contributed by atoms with van der Waals surface area (Å²) in [6.07, 6.45) is 3.15. The Bertz CT molecular complexity index is 1470. The molecule has 0 spiro atoms. The zero-order valence-corrected chi connectivity index (χ0v) is 18.8. The third-order valence-corrected chi connectivity index (χ3v) is 5.54. The van der Waals surface area contributed by atoms with E-state index in [0.717, 1.165) is 21.7 Å². The van der Waals surface area contributed by atoms with E-state index < -0.39 is 0 Å². The molecule has 35 heavy (non-hydrogen) atoms. The van der Waals surface area contributed by atoms with Crippen LogP contribution in [-0.2, 0) is 17.9 Å². The van der Waals surface area contributed by atoms with Gasteiger partial charge in [0, 0.05) is 13.1 Å². The molecule has 0 radical (unpaired) electrons. The van der Waals surface area contributed by atoms with Gasteiger partial charge in [0.05, 0.1) is 18.1 Å². The van der Waals surface area contributed by atoms with Crippen LogP contribution in [0.2, 0.25) is 0 Å². The Hall–Kier alpha value is -4.53. The van der Waals surface area contributed by atoms with E-state index in [1.165, 1.54) is 18.5 Å². The third kappa shape index (κ3) is 5.35. The van der Waals surface area contributed by atoms with Crippen molar-refractivity contribution >= 4 is 33.5 Å². The summed E-state index contributed by atoms with van der Waals surface area (Å²) < 4.78 is 20.4. The number of fused-ring (bicyclic) bond motifs is 2. The van der Waals surface area contributed by atoms with Crippen LogP contribution in [0.3, 0.4) is 0 Å². The van der Waals surface area contributed by atoms with Crippen molar-refractivity contribution in [2.45, 2.75) is 13.1 Å². The fraction of sp³-hybridized carbons (Fsp3) is 0.154. The molecule has 5 aromatic rings. The number of nitrogens with one attached hydrogen (secondary N) is 2. The molecule has 0 saturated heterocycles. The number of nitrogens with zero attached hydrogens (tertiary/aromatic N) is 4. The van der Waals surface area contributed by atoms with E-state index in [0.29, 0.717) is 36.8 Å². The standard InChI is InChI=1S/C26H23FN6O2/c27-21-8-5-18(6-9-21)14-29-25-23-15-32-33(26(23)31-17-30-25)12-11-28-24(34)16-35-22-10-7-19-3-1-2-4-20(19)13-22/h1-10,13,15,17H,11-12,14,16H2,(H,28,34)(H,29,30,31). The molecule has 8 nitrogen and oxygen atoms in total. The average Bonchev–Trinajstić information content (AvgIpc) is 3.30. The van der Waals surface area contributed by atoms with E-state index >= 15 is 0 Å². The summed E-state index contributed by atoms with van der Waals surface area (Å²) >= 11 is 0. The number of anilines is 1. The molecule has 0 aliphatic carbocycles. The lowest BCUT2D eigenvalue weighted by molar-refractivity contribution is -0.123. The molecule has 0 unspecified atom stereocenters. The fourth-order valence-electron chi connectivity index (χ4n) is 3.74. The Morgan fingerprint density at radius 1 is 1.00 bits per heavy atom. The first-order valence-electron chi connectivity index (χ1n) is 11.2. The van der Waals surface area contributed by atoms with Crippen LogP contribution in [0.1, 0.15) is 5.56 Å². The van der Waals surface area contributed by atoms with E-state index in [9.17, 15) is 9.18 Å². The molecule has 2 aromatic heterocycles. The van der Waals surface area contributed by atoms with Crippen molar-refractivity contribution in [1.82, 2.24) is 25.1 Å². The maximum absolute atomic E-state index is 13.1. The van der Waals surface area contributed by atoms with Crippen molar-refractivity contribution in [3.05, 3.63) is 90.6 Å². The monoisotopic (exact) mass is 470 g/mol. The molecule has 1 amide bonds. The predicted molar refractivity (Wildman–Crippen MR) is 132 cm³/mol. The van der Waals surface area contributed by atoms with Crippen LogP contribution in [0.4, 0.5) is 10.2 Å². The van der Waals surface area contributed by atoms with E-state index in [4.69, 9.17) is 4.74 Å². The Morgan fingerprint density at radius 2 is 1.83 bits per heavy atom. The van der Waals surface area contributed by atoms with Crippen LogP contribution in [0.5, 0.6) is 5.75 Å². The van der Waals surface area contributed by atoms with Gasteiger partial charge in [-0.3, -0.25) is 4.79 Å². The summed E-state index contributed by atoms with van der Waals surface area (Å²) in [5.41, 5.74) is 1.59. The molecule has 0 aliphatic heterocycles. The van der Waals surface area contributed by atoms with E-state index in [-0.39, 0.29) is 18.3 Å². The smallest absolute Gasteiger partial charge is 0.258 e. The van der Waals surface area contributed by atoms with Crippen molar-refractivity contribution in [2.75, 3.05) is 18.5 Å². The zero-order valence-electron chi connectivity index (χ0n) is 18.8. The largest absolute Gasteiger partial charge is 0.484 e. The normalized spacial score (nSPS) is 11.0. The van der Waals surface area contributed by atoms with E-state index in [2.05, 4.69) is 25.7 Å². The number of aromatic nitrogens is 4. The molecular weight excluding hydrogens is 447 g/mol. The molecule has 0 aliphatic rings. The number of benzene rings is 3. The molecule has 0 fully saturated rings. The summed E-state index contributed by atoms with van der Waals surface area (Å²) in [6, 6.07) is 20.0. The zero-order chi connectivity index (χ0) is 24.0. The van der Waals surface area contributed by atoms with Gasteiger partial charge in [-0.2, -0.15) is 5.10 Å². The Kier molecular flexibility index (Phi) is 6.47. The van der Waals surface area contributed by atoms with Crippen LogP contribution >= 0.6 is 0 Å². The van der Waals surface area contributed by atoms with Crippen LogP contribution < -0.4 is 15.4 Å². The van der Waals surface area contributed by atoms with Gasteiger partial charge >= 0.3 is 0 Å². The summed E-state index contributed by atoms with van der Waals surface area (Å²) in [4.78, 5) is 20.9. The predicted octanol–water partition coefficient (Wildman–Crippen LogP) is 3.93. The van der Waals surface area contributed by atoms with Gasteiger partial charge in [0.1, 0.15) is 23.7 Å². The van der Waals surface area contributed by atoms with Gasteiger partial charge in [-0.25, -0.2) is 19.0 Å². The highest BCUT2D eigenvalue weighted by Crippen LogP contribution is 2.21. The van der Waals surface area contributed by atoms with Crippen molar-refractivity contribution in [3.8, 4) is 5.75 Å². The first-order chi connectivity index (χ1) is 17.2. The summed E-state index contributed by atoms with van der Waals surface area (Å²) in [5, 5.41) is 13.4. The maximum atomic E-state index is 13.1. The van der Waals surface area contributed by atoms with Gasteiger partial charge in [-0.15, -0.1) is 0 Å². The number of halogens is 1. The lowest BCUT2D eigenvalue weighted by atomic mass is 10.1. The minimum Gasteiger partial charge on any atom is -0.484 e. The van der Waals surface area contributed by atoms with Gasteiger partial charge < -0.3 is 15.4 Å². The number of hydrogen-bond donors (Lipinski definition) is 2. The first kappa shape index (κ1) is 22.3. The van der Waals surface area contributed by atoms with Crippen molar-refractivity contribution in [1.29, 1.82) is 0 Å². The number of ether oxygens (including phenoxy) is 1. The quantitative estimate of drug-likeness (QED) is 0.339. The highest BCUT2D eigenvalue weighted by molar-refractivity contribution is 5.86. The molecule has 0 atom stereocenters. The van der Waals surface area contributed by atoms with Gasteiger partial charge in [0.2, 0.25) is 0 Å². The van der Waals surface area contributed by atoms with Crippen LogP contribution in [0.25, 0.3) is 21.8 Å². The third-order valence-electron chi connectivity index (χ3n) is 5.54. The van der Waals surface area contributed by atoms with Gasteiger partial charge in [-0.1, -0.05) is 42.5 Å². The summed E-state index contributed by atoms with van der Waals surface area (Å²) in [7, 11) is 0. The van der Waals surface area contributed by atoms with Crippen molar-refractivity contribution in [3.63, 3.8) is 0 Å². The van der Waals surface area contributed by atoms with Crippen LogP contribution in [0.15, 0.2) is 79.3 Å². The van der Waals surface area contributed by atoms with Gasteiger partial charge in [-0.05, 0) is 40.6 Å². The lowest BCUT2D eigenvalue weighted by Crippen LogP contribution is -2.31. The second kappa shape index (κ2) is 10.2. The topological polar surface area (TPSA) is 94.0 Å². The Labute approximate surface area is 200 Å². The SMILES string of the molecule is O=C(COc1ccc2ccccc2c1)NCCn1ncc2c(NCc3ccc(F)cc3)ncnc21. The minimum atomic E-state index is -0.271. The van der Waals surface area contributed by atoms with Crippen molar-refractivity contribution < 1.29 is 13.9 Å². The molecule has 9 heteroatoms. The molecule has 2 heterocycles. The summed E-state index contributed by atoms with van der Waals surface area (Å²) in [5.74, 6) is 0.797. The number of carbonyl (C=O) groups is 1. The fourth-order valence-corrected chi connectivity index (χ4v) is 3.74. The minimum absolute atomic E-state index is 0.0716. The molecule has 0 saturated carbocycles. The second-order valence-electron chi connectivity index (χ2n) is 7.95. The lowest BCUT2D eigenvalue weighted by Gasteiger charge is -2.09. The van der Waals surface area contributed by atoms with E-state index in [1.807, 2.05) is 42.5 Å². The molecule has 176 valence electrons. The van der Waals surface area contributed by atoms with Crippen molar-refractivity contribution in [2.24, 2.45) is 0 Å². The number of amides is 1. The first-order valence-corrected chi connectivity index (χ1v) is 11.2. The van der Waals surface area contributed by atoms with E-state index in [1.54, 1.807) is 23.0 Å². The highest BCUT2D eigenvalue weighted by atomic mass is 19.1. The molecular formula is C26H23FN6O2.